The summed E-state index contributed by atoms with van der Waals surface area (Å²) in [4.78, 5) is 4.59. The van der Waals surface area contributed by atoms with E-state index in [2.05, 4.69) is 15.6 Å². The number of hydrogen-bond donors (Lipinski definition) is 2. The van der Waals surface area contributed by atoms with Crippen LogP contribution in [0.2, 0.25) is 0 Å². The number of aliphatic imine (C=N–C) groups is 1. The zero-order chi connectivity index (χ0) is 18.2. The van der Waals surface area contributed by atoms with Crippen LogP contribution in [0.5, 0.6) is 0 Å². The minimum absolute atomic E-state index is 0. The highest BCUT2D eigenvalue weighted by atomic mass is 127. The molecular weight excluding hydrogens is 460 g/mol. The van der Waals surface area contributed by atoms with Gasteiger partial charge in [-0.3, -0.25) is 0 Å². The number of benzene rings is 1. The number of nitrogens with zero attached hydrogens (tertiary/aromatic N) is 1. The molecular formula is C20H27FIN3O2. The fourth-order valence-corrected chi connectivity index (χ4v) is 2.85. The average Bonchev–Trinajstić information content (AvgIpc) is 3.33. The number of hydrogen-bond acceptors (Lipinski definition) is 3. The maximum atomic E-state index is 13.7. The van der Waals surface area contributed by atoms with Gasteiger partial charge in [-0.2, -0.15) is 0 Å². The lowest BCUT2D eigenvalue weighted by molar-refractivity contribution is 0.114. The molecule has 0 bridgehead atoms. The first-order chi connectivity index (χ1) is 12.7. The normalized spacial score (nSPS) is 16.8. The van der Waals surface area contributed by atoms with Crippen LogP contribution in [0.25, 0.3) is 0 Å². The molecule has 0 radical (unpaired) electrons. The summed E-state index contributed by atoms with van der Waals surface area (Å²) in [7, 11) is 0. The fourth-order valence-electron chi connectivity index (χ4n) is 2.85. The standard InChI is InChI=1S/C20H26FN3O2.HI/c1-15-6-7-16(12-19(15)21)13-23-20(24-14-18-5-3-11-26-18)22-9-8-17-4-2-10-25-17;/h2,4,6-7,10,12,18H,3,5,8-9,11,13-14H2,1H3,(H2,22,23,24);1H. The second kappa shape index (κ2) is 11.3. The van der Waals surface area contributed by atoms with Crippen LogP contribution < -0.4 is 10.6 Å². The predicted octanol–water partition coefficient (Wildman–Crippen LogP) is 3.80. The van der Waals surface area contributed by atoms with Gasteiger partial charge in [0.05, 0.1) is 18.9 Å². The molecule has 2 N–H and O–H groups in total. The summed E-state index contributed by atoms with van der Waals surface area (Å²) >= 11 is 0. The molecule has 1 unspecified atom stereocenters. The Kier molecular flexibility index (Phi) is 9.06. The van der Waals surface area contributed by atoms with Crippen molar-refractivity contribution in [1.82, 2.24) is 10.6 Å². The molecule has 0 spiro atoms. The minimum atomic E-state index is -0.197. The number of furan rings is 1. The van der Waals surface area contributed by atoms with Gasteiger partial charge in [0.25, 0.3) is 0 Å². The molecule has 1 aliphatic heterocycles. The lowest BCUT2D eigenvalue weighted by Crippen LogP contribution is -2.41. The second-order valence-corrected chi connectivity index (χ2v) is 6.52. The van der Waals surface area contributed by atoms with Crippen molar-refractivity contribution in [3.63, 3.8) is 0 Å². The molecule has 5 nitrogen and oxygen atoms in total. The van der Waals surface area contributed by atoms with Gasteiger partial charge in [-0.25, -0.2) is 9.38 Å². The number of ether oxygens (including phenoxy) is 1. The molecule has 2 aromatic rings. The Morgan fingerprint density at radius 1 is 1.30 bits per heavy atom. The van der Waals surface area contributed by atoms with E-state index < -0.39 is 0 Å². The first-order valence-electron chi connectivity index (χ1n) is 9.12. The molecule has 27 heavy (non-hydrogen) atoms. The van der Waals surface area contributed by atoms with Gasteiger partial charge >= 0.3 is 0 Å². The highest BCUT2D eigenvalue weighted by molar-refractivity contribution is 14.0. The SMILES string of the molecule is Cc1ccc(CN=C(NCCc2ccco2)NCC2CCCO2)cc1F.I. The Hall–Kier alpha value is -1.61. The first kappa shape index (κ1) is 21.7. The smallest absolute Gasteiger partial charge is 0.191 e. The van der Waals surface area contributed by atoms with E-state index in [-0.39, 0.29) is 35.9 Å². The minimum Gasteiger partial charge on any atom is -0.469 e. The van der Waals surface area contributed by atoms with Crippen LogP contribution in [0.4, 0.5) is 4.39 Å². The summed E-state index contributed by atoms with van der Waals surface area (Å²) in [5, 5.41) is 6.64. The van der Waals surface area contributed by atoms with Gasteiger partial charge in [0.1, 0.15) is 11.6 Å². The van der Waals surface area contributed by atoms with Gasteiger partial charge in [-0.15, -0.1) is 24.0 Å². The molecule has 148 valence electrons. The Labute approximate surface area is 176 Å². The van der Waals surface area contributed by atoms with Crippen LogP contribution in [0.15, 0.2) is 46.0 Å². The first-order valence-corrected chi connectivity index (χ1v) is 9.12. The molecule has 1 aliphatic rings. The van der Waals surface area contributed by atoms with Crippen LogP contribution in [-0.2, 0) is 17.7 Å². The van der Waals surface area contributed by atoms with E-state index >= 15 is 0 Å². The van der Waals surface area contributed by atoms with Crippen molar-refractivity contribution in [1.29, 1.82) is 0 Å². The summed E-state index contributed by atoms with van der Waals surface area (Å²) in [6.07, 6.45) is 4.84. The second-order valence-electron chi connectivity index (χ2n) is 6.52. The summed E-state index contributed by atoms with van der Waals surface area (Å²) < 4.78 is 24.7. The quantitative estimate of drug-likeness (QED) is 0.355. The highest BCUT2D eigenvalue weighted by Gasteiger charge is 2.15. The van der Waals surface area contributed by atoms with Crippen LogP contribution in [0, 0.1) is 12.7 Å². The molecule has 2 heterocycles. The van der Waals surface area contributed by atoms with Crippen molar-refractivity contribution in [3.8, 4) is 0 Å². The topological polar surface area (TPSA) is 58.8 Å². The average molecular weight is 487 g/mol. The lowest BCUT2D eigenvalue weighted by Gasteiger charge is -2.15. The maximum absolute atomic E-state index is 13.7. The molecule has 3 rings (SSSR count). The summed E-state index contributed by atoms with van der Waals surface area (Å²) in [6.45, 7) is 4.42. The number of halogens is 2. The molecule has 0 amide bonds. The van der Waals surface area contributed by atoms with E-state index in [1.54, 1.807) is 25.3 Å². The van der Waals surface area contributed by atoms with Crippen molar-refractivity contribution in [3.05, 3.63) is 59.3 Å². The van der Waals surface area contributed by atoms with Crippen molar-refractivity contribution < 1.29 is 13.5 Å². The van der Waals surface area contributed by atoms with E-state index in [0.29, 0.717) is 24.6 Å². The highest BCUT2D eigenvalue weighted by Crippen LogP contribution is 2.11. The van der Waals surface area contributed by atoms with Crippen molar-refractivity contribution in [2.24, 2.45) is 4.99 Å². The van der Waals surface area contributed by atoms with E-state index in [4.69, 9.17) is 9.15 Å². The fraction of sp³-hybridized carbons (Fsp3) is 0.450. The van der Waals surface area contributed by atoms with Gasteiger partial charge in [0.15, 0.2) is 5.96 Å². The van der Waals surface area contributed by atoms with Gasteiger partial charge in [0.2, 0.25) is 0 Å². The molecule has 1 atom stereocenters. The van der Waals surface area contributed by atoms with Gasteiger partial charge in [-0.1, -0.05) is 12.1 Å². The molecule has 0 saturated carbocycles. The Morgan fingerprint density at radius 3 is 2.89 bits per heavy atom. The molecule has 1 saturated heterocycles. The molecule has 1 fully saturated rings. The monoisotopic (exact) mass is 487 g/mol. The van der Waals surface area contributed by atoms with E-state index in [0.717, 1.165) is 43.7 Å². The van der Waals surface area contributed by atoms with Gasteiger partial charge in [0, 0.05) is 26.1 Å². The predicted molar refractivity (Wildman–Crippen MR) is 115 cm³/mol. The van der Waals surface area contributed by atoms with Crippen LogP contribution >= 0.6 is 24.0 Å². The molecule has 1 aromatic heterocycles. The Morgan fingerprint density at radius 2 is 2.19 bits per heavy atom. The molecule has 1 aromatic carbocycles. The number of guanidine groups is 1. The zero-order valence-electron chi connectivity index (χ0n) is 15.5. The molecule has 7 heteroatoms. The van der Waals surface area contributed by atoms with Crippen molar-refractivity contribution in [2.75, 3.05) is 19.7 Å². The van der Waals surface area contributed by atoms with Crippen molar-refractivity contribution >= 4 is 29.9 Å². The third-order valence-corrected chi connectivity index (χ3v) is 4.42. The van der Waals surface area contributed by atoms with Crippen LogP contribution in [0.3, 0.4) is 0 Å². The lowest BCUT2D eigenvalue weighted by atomic mass is 10.1. The zero-order valence-corrected chi connectivity index (χ0v) is 17.9. The summed E-state index contributed by atoms with van der Waals surface area (Å²) in [5.41, 5.74) is 1.49. The largest absolute Gasteiger partial charge is 0.469 e. The van der Waals surface area contributed by atoms with E-state index in [1.165, 1.54) is 0 Å². The van der Waals surface area contributed by atoms with Crippen LogP contribution in [-0.4, -0.2) is 31.8 Å². The van der Waals surface area contributed by atoms with E-state index in [1.807, 2.05) is 18.2 Å². The van der Waals surface area contributed by atoms with Crippen LogP contribution in [0.1, 0.15) is 29.7 Å². The van der Waals surface area contributed by atoms with Crippen molar-refractivity contribution in [2.45, 2.75) is 38.8 Å². The van der Waals surface area contributed by atoms with Gasteiger partial charge < -0.3 is 19.8 Å². The Bertz CT molecular complexity index is 716. The maximum Gasteiger partial charge on any atom is 0.191 e. The molecule has 0 aliphatic carbocycles. The third-order valence-electron chi connectivity index (χ3n) is 4.42. The summed E-state index contributed by atoms with van der Waals surface area (Å²) in [5.74, 6) is 1.43. The number of nitrogens with one attached hydrogen (secondary N) is 2. The summed E-state index contributed by atoms with van der Waals surface area (Å²) in [6, 6.07) is 9.06. The van der Waals surface area contributed by atoms with Gasteiger partial charge in [-0.05, 0) is 49.1 Å². The number of aryl methyl sites for hydroxylation is 1. The third kappa shape index (κ3) is 7.14. The Balaban J connectivity index is 0.00000261. The van der Waals surface area contributed by atoms with E-state index in [9.17, 15) is 4.39 Å². The number of rotatable bonds is 7.